The first-order valence-electron chi connectivity index (χ1n) is 11.4. The summed E-state index contributed by atoms with van der Waals surface area (Å²) in [7, 11) is 0. The van der Waals surface area contributed by atoms with Crippen LogP contribution in [0, 0.1) is 40.4 Å². The van der Waals surface area contributed by atoms with E-state index < -0.39 is 5.79 Å². The molecule has 4 saturated carbocycles. The van der Waals surface area contributed by atoms with Crippen LogP contribution in [0.4, 0.5) is 0 Å². The number of aliphatic hydroxyl groups is 2. The average Bonchev–Trinajstić information content (AvgIpc) is 3.19. The van der Waals surface area contributed by atoms with E-state index in [-0.39, 0.29) is 23.0 Å². The largest absolute Gasteiger partial charge is 0.393 e. The number of fused-ring (bicyclic) bond motifs is 5. The van der Waals surface area contributed by atoms with Gasteiger partial charge in [0.1, 0.15) is 0 Å². The Balaban J connectivity index is 1.46. The lowest BCUT2D eigenvalue weighted by Crippen LogP contribution is -2.60. The molecule has 0 radical (unpaired) electrons. The third-order valence-electron chi connectivity index (χ3n) is 10.1. The van der Waals surface area contributed by atoms with Crippen LogP contribution >= 0.6 is 0 Å². The fourth-order valence-corrected chi connectivity index (χ4v) is 8.95. The van der Waals surface area contributed by atoms with Crippen molar-refractivity contribution < 1.29 is 19.7 Å². The summed E-state index contributed by atoms with van der Waals surface area (Å²) in [6.45, 7) is 8.39. The highest BCUT2D eigenvalue weighted by Gasteiger charge is 2.66. The number of hydrogen-bond acceptors (Lipinski definition) is 4. The molecule has 0 spiro atoms. The number of rotatable bonds is 1. The van der Waals surface area contributed by atoms with Crippen LogP contribution < -0.4 is 0 Å². The Labute approximate surface area is 164 Å². The Kier molecular flexibility index (Phi) is 4.30. The standard InChI is InChI=1S/C23H38O4/c1-21-9-8-15(24)12-14(21)4-5-16-17-6-7-19(23(3)26-10-11-27-23)22(17,2)13-18(25)20(16)21/h14-20,24-25H,4-13H2,1-3H3/t14?,15-,16?,17?,18?,19?,20?,21?,22?/m1/s1. The summed E-state index contributed by atoms with van der Waals surface area (Å²) in [5.74, 6) is 2.19. The lowest BCUT2D eigenvalue weighted by Gasteiger charge is -2.62. The van der Waals surface area contributed by atoms with Gasteiger partial charge in [0.25, 0.3) is 0 Å². The fourth-order valence-electron chi connectivity index (χ4n) is 8.95. The topological polar surface area (TPSA) is 58.9 Å². The van der Waals surface area contributed by atoms with E-state index in [0.29, 0.717) is 42.8 Å². The van der Waals surface area contributed by atoms with Gasteiger partial charge in [-0.1, -0.05) is 13.8 Å². The maximum absolute atomic E-state index is 11.5. The minimum atomic E-state index is -0.466. The van der Waals surface area contributed by atoms with Gasteiger partial charge >= 0.3 is 0 Å². The van der Waals surface area contributed by atoms with Crippen molar-refractivity contribution in [3.63, 3.8) is 0 Å². The molecular weight excluding hydrogens is 340 g/mol. The second kappa shape index (κ2) is 6.17. The lowest BCUT2D eigenvalue weighted by atomic mass is 9.43. The summed E-state index contributed by atoms with van der Waals surface area (Å²) in [5.41, 5.74) is 0.308. The van der Waals surface area contributed by atoms with Crippen molar-refractivity contribution in [1.29, 1.82) is 0 Å². The molecule has 0 aromatic heterocycles. The summed E-state index contributed by atoms with van der Waals surface area (Å²) >= 11 is 0. The van der Waals surface area contributed by atoms with E-state index in [0.717, 1.165) is 32.1 Å². The quantitative estimate of drug-likeness (QED) is 0.730. The van der Waals surface area contributed by atoms with Crippen LogP contribution in [0.1, 0.15) is 72.1 Å². The van der Waals surface area contributed by atoms with Gasteiger partial charge in [0.2, 0.25) is 0 Å². The van der Waals surface area contributed by atoms with Crippen LogP contribution in [0.25, 0.3) is 0 Å². The van der Waals surface area contributed by atoms with Crippen LogP contribution in [0.3, 0.4) is 0 Å². The van der Waals surface area contributed by atoms with E-state index in [1.807, 2.05) is 0 Å². The van der Waals surface area contributed by atoms with E-state index in [2.05, 4.69) is 20.8 Å². The Morgan fingerprint density at radius 2 is 1.59 bits per heavy atom. The first kappa shape index (κ1) is 18.8. The smallest absolute Gasteiger partial charge is 0.169 e. The Morgan fingerprint density at radius 1 is 0.852 bits per heavy atom. The molecule has 5 fully saturated rings. The first-order chi connectivity index (χ1) is 12.8. The molecule has 9 atom stereocenters. The minimum Gasteiger partial charge on any atom is -0.393 e. The van der Waals surface area contributed by atoms with E-state index in [9.17, 15) is 10.2 Å². The third-order valence-corrected chi connectivity index (χ3v) is 10.1. The normalized spacial score (nSPS) is 57.0. The van der Waals surface area contributed by atoms with Crippen LogP contribution in [-0.4, -0.2) is 41.4 Å². The lowest BCUT2D eigenvalue weighted by molar-refractivity contribution is -0.232. The van der Waals surface area contributed by atoms with Gasteiger partial charge in [0.15, 0.2) is 5.79 Å². The molecule has 0 amide bonds. The van der Waals surface area contributed by atoms with E-state index >= 15 is 0 Å². The van der Waals surface area contributed by atoms with Crippen molar-refractivity contribution in [2.45, 2.75) is 90.1 Å². The van der Waals surface area contributed by atoms with Crippen LogP contribution in [0.2, 0.25) is 0 Å². The highest BCUT2D eigenvalue weighted by molar-refractivity contribution is 5.13. The molecular formula is C23H38O4. The van der Waals surface area contributed by atoms with Gasteiger partial charge in [-0.3, -0.25) is 0 Å². The zero-order valence-electron chi connectivity index (χ0n) is 17.3. The van der Waals surface area contributed by atoms with Crippen LogP contribution in [0.5, 0.6) is 0 Å². The maximum atomic E-state index is 11.5. The van der Waals surface area contributed by atoms with Crippen molar-refractivity contribution in [3.05, 3.63) is 0 Å². The van der Waals surface area contributed by atoms with Crippen molar-refractivity contribution in [2.75, 3.05) is 13.2 Å². The van der Waals surface area contributed by atoms with Crippen molar-refractivity contribution in [1.82, 2.24) is 0 Å². The van der Waals surface area contributed by atoms with Gasteiger partial charge in [-0.05, 0) is 92.8 Å². The molecule has 1 heterocycles. The molecule has 2 N–H and O–H groups in total. The molecule has 4 aliphatic carbocycles. The average molecular weight is 379 g/mol. The van der Waals surface area contributed by atoms with Gasteiger partial charge in [-0.15, -0.1) is 0 Å². The van der Waals surface area contributed by atoms with Gasteiger partial charge in [0.05, 0.1) is 25.4 Å². The second-order valence-corrected chi connectivity index (χ2v) is 11.1. The highest BCUT2D eigenvalue weighted by atomic mass is 16.7. The minimum absolute atomic E-state index is 0.108. The molecule has 0 aromatic rings. The van der Waals surface area contributed by atoms with Crippen molar-refractivity contribution in [2.24, 2.45) is 40.4 Å². The Hall–Kier alpha value is -0.160. The summed E-state index contributed by atoms with van der Waals surface area (Å²) in [6.07, 6.45) is 8.31. The molecule has 1 saturated heterocycles. The number of hydrogen-bond donors (Lipinski definition) is 2. The first-order valence-corrected chi connectivity index (χ1v) is 11.4. The van der Waals surface area contributed by atoms with E-state index in [1.165, 1.54) is 19.3 Å². The third kappa shape index (κ3) is 2.55. The molecule has 27 heavy (non-hydrogen) atoms. The molecule has 1 aliphatic heterocycles. The van der Waals surface area contributed by atoms with E-state index in [4.69, 9.17) is 9.47 Å². The van der Waals surface area contributed by atoms with Crippen LogP contribution in [-0.2, 0) is 9.47 Å². The Morgan fingerprint density at radius 3 is 2.33 bits per heavy atom. The summed E-state index contributed by atoms with van der Waals surface area (Å²) in [6, 6.07) is 0. The fraction of sp³-hybridized carbons (Fsp3) is 1.00. The molecule has 5 rings (SSSR count). The Bertz CT molecular complexity index is 587. The predicted molar refractivity (Wildman–Crippen MR) is 103 cm³/mol. The molecule has 4 nitrogen and oxygen atoms in total. The number of ether oxygens (including phenoxy) is 2. The van der Waals surface area contributed by atoms with Crippen molar-refractivity contribution in [3.8, 4) is 0 Å². The highest BCUT2D eigenvalue weighted by Crippen LogP contribution is 2.69. The zero-order valence-corrected chi connectivity index (χ0v) is 17.3. The number of aliphatic hydroxyl groups excluding tert-OH is 2. The monoisotopic (exact) mass is 378 g/mol. The molecule has 154 valence electrons. The van der Waals surface area contributed by atoms with E-state index in [1.54, 1.807) is 0 Å². The van der Waals surface area contributed by atoms with Crippen LogP contribution in [0.15, 0.2) is 0 Å². The van der Waals surface area contributed by atoms with Gasteiger partial charge < -0.3 is 19.7 Å². The summed E-state index contributed by atoms with van der Waals surface area (Å²) in [4.78, 5) is 0. The molecule has 0 bridgehead atoms. The van der Waals surface area contributed by atoms with Gasteiger partial charge in [0, 0.05) is 5.92 Å². The predicted octanol–water partition coefficient (Wildman–Crippen LogP) is 3.74. The zero-order chi connectivity index (χ0) is 19.0. The maximum Gasteiger partial charge on any atom is 0.169 e. The molecule has 8 unspecified atom stereocenters. The molecule has 0 aromatic carbocycles. The van der Waals surface area contributed by atoms with Gasteiger partial charge in [-0.25, -0.2) is 0 Å². The second-order valence-electron chi connectivity index (χ2n) is 11.1. The molecule has 5 aliphatic rings. The summed E-state index contributed by atoms with van der Waals surface area (Å²) in [5, 5.41) is 21.7. The van der Waals surface area contributed by atoms with Crippen molar-refractivity contribution >= 4 is 0 Å². The summed E-state index contributed by atoms with van der Waals surface area (Å²) < 4.78 is 12.2. The molecule has 4 heteroatoms. The van der Waals surface area contributed by atoms with Gasteiger partial charge in [-0.2, -0.15) is 0 Å². The SMILES string of the molecule is CC1(C2CCC3C4CCC5C[C@H](O)CCC5(C)C4C(O)CC32C)OCCO1.